The number of fused-ring (bicyclic) bond motifs is 1. The predicted octanol–water partition coefficient (Wildman–Crippen LogP) is 3.77. The molecule has 0 saturated heterocycles. The van der Waals surface area contributed by atoms with Crippen molar-refractivity contribution in [3.8, 4) is 11.5 Å². The second kappa shape index (κ2) is 12.1. The molecule has 0 aliphatic carbocycles. The van der Waals surface area contributed by atoms with Gasteiger partial charge in [0.05, 0.1) is 24.8 Å². The van der Waals surface area contributed by atoms with Crippen LogP contribution in [0.15, 0.2) is 48.5 Å². The number of methoxy groups -OCH3 is 1. The van der Waals surface area contributed by atoms with Crippen molar-refractivity contribution in [2.45, 2.75) is 26.3 Å². The first kappa shape index (κ1) is 24.3. The van der Waals surface area contributed by atoms with Gasteiger partial charge in [0.1, 0.15) is 5.82 Å². The van der Waals surface area contributed by atoms with Crippen molar-refractivity contribution in [2.75, 3.05) is 40.9 Å². The van der Waals surface area contributed by atoms with E-state index in [1.54, 1.807) is 13.2 Å². The quantitative estimate of drug-likeness (QED) is 0.426. The second-order valence-electron chi connectivity index (χ2n) is 8.04. The number of benzene rings is 2. The highest BCUT2D eigenvalue weighted by Gasteiger charge is 2.11. The van der Waals surface area contributed by atoms with E-state index >= 15 is 0 Å². The van der Waals surface area contributed by atoms with Crippen LogP contribution < -0.4 is 14.8 Å². The van der Waals surface area contributed by atoms with E-state index in [0.717, 1.165) is 41.9 Å². The molecule has 33 heavy (non-hydrogen) atoms. The first-order valence-corrected chi connectivity index (χ1v) is 11.4. The Morgan fingerprint density at radius 3 is 2.76 bits per heavy atom. The third kappa shape index (κ3) is 6.83. The van der Waals surface area contributed by atoms with Gasteiger partial charge < -0.3 is 24.3 Å². The number of carbonyl (C=O) groups is 1. The number of aromatic nitrogens is 2. The highest BCUT2D eigenvalue weighted by atomic mass is 16.5. The van der Waals surface area contributed by atoms with Crippen molar-refractivity contribution >= 4 is 23.0 Å². The van der Waals surface area contributed by atoms with Crippen molar-refractivity contribution in [1.29, 1.82) is 0 Å². The van der Waals surface area contributed by atoms with Crippen LogP contribution in [0, 0.1) is 0 Å². The first-order chi connectivity index (χ1) is 16.0. The number of hydrogen-bond acceptors (Lipinski definition) is 5. The summed E-state index contributed by atoms with van der Waals surface area (Å²) in [5, 5.41) is 2.96. The van der Waals surface area contributed by atoms with Crippen LogP contribution in [-0.4, -0.2) is 61.3 Å². The summed E-state index contributed by atoms with van der Waals surface area (Å²) >= 11 is 0. The molecule has 0 atom stereocenters. The van der Waals surface area contributed by atoms with Gasteiger partial charge in [0.25, 0.3) is 0 Å². The number of hydrogen-bond donors (Lipinski definition) is 1. The average Bonchev–Trinajstić information content (AvgIpc) is 3.15. The zero-order valence-electron chi connectivity index (χ0n) is 20.0. The summed E-state index contributed by atoms with van der Waals surface area (Å²) in [7, 11) is 5.77. The third-order valence-electron chi connectivity index (χ3n) is 5.28. The second-order valence-corrected chi connectivity index (χ2v) is 8.04. The SMILES string of the molecule is CCOc1ccc(/C=C/C(=O)NCCc2nc3ccccc3n2CCCN(C)C)cc1OC. The van der Waals surface area contributed by atoms with Crippen LogP contribution in [0.4, 0.5) is 0 Å². The van der Waals surface area contributed by atoms with E-state index in [1.807, 2.05) is 43.3 Å². The number of carbonyl (C=O) groups excluding carboxylic acids is 1. The normalized spacial score (nSPS) is 11.4. The van der Waals surface area contributed by atoms with Gasteiger partial charge in [0, 0.05) is 25.6 Å². The van der Waals surface area contributed by atoms with Gasteiger partial charge in [0.2, 0.25) is 5.91 Å². The Morgan fingerprint density at radius 1 is 1.18 bits per heavy atom. The molecule has 7 nitrogen and oxygen atoms in total. The molecule has 0 spiro atoms. The van der Waals surface area contributed by atoms with E-state index in [9.17, 15) is 4.79 Å². The maximum Gasteiger partial charge on any atom is 0.244 e. The molecule has 3 rings (SSSR count). The number of rotatable bonds is 12. The number of nitrogens with one attached hydrogen (secondary N) is 1. The van der Waals surface area contributed by atoms with Crippen LogP contribution in [0.2, 0.25) is 0 Å². The molecule has 0 bridgehead atoms. The molecule has 1 amide bonds. The zero-order valence-corrected chi connectivity index (χ0v) is 20.0. The molecular weight excluding hydrogens is 416 g/mol. The van der Waals surface area contributed by atoms with E-state index in [2.05, 4.69) is 34.9 Å². The Balaban J connectivity index is 1.59. The largest absolute Gasteiger partial charge is 0.493 e. The minimum absolute atomic E-state index is 0.141. The van der Waals surface area contributed by atoms with Crippen molar-refractivity contribution < 1.29 is 14.3 Å². The molecular formula is C26H34N4O3. The molecule has 3 aromatic rings. The number of imidazole rings is 1. The van der Waals surface area contributed by atoms with Crippen LogP contribution >= 0.6 is 0 Å². The first-order valence-electron chi connectivity index (χ1n) is 11.4. The lowest BCUT2D eigenvalue weighted by atomic mass is 10.2. The summed E-state index contributed by atoms with van der Waals surface area (Å²) in [6.07, 6.45) is 5.02. The van der Waals surface area contributed by atoms with Gasteiger partial charge in [0.15, 0.2) is 11.5 Å². The summed E-state index contributed by atoms with van der Waals surface area (Å²) in [6, 6.07) is 13.8. The molecule has 0 aliphatic heterocycles. The van der Waals surface area contributed by atoms with Crippen molar-refractivity contribution in [1.82, 2.24) is 19.8 Å². The topological polar surface area (TPSA) is 68.6 Å². The monoisotopic (exact) mass is 450 g/mol. The van der Waals surface area contributed by atoms with Gasteiger partial charge in [-0.1, -0.05) is 18.2 Å². The van der Waals surface area contributed by atoms with Gasteiger partial charge in [-0.25, -0.2) is 4.98 Å². The van der Waals surface area contributed by atoms with E-state index in [1.165, 1.54) is 6.08 Å². The molecule has 0 radical (unpaired) electrons. The van der Waals surface area contributed by atoms with E-state index < -0.39 is 0 Å². The fourth-order valence-electron chi connectivity index (χ4n) is 3.70. The number of nitrogens with zero attached hydrogens (tertiary/aromatic N) is 3. The highest BCUT2D eigenvalue weighted by molar-refractivity contribution is 5.91. The molecule has 0 aliphatic rings. The summed E-state index contributed by atoms with van der Waals surface area (Å²) in [5.74, 6) is 2.19. The maximum atomic E-state index is 12.3. The van der Waals surface area contributed by atoms with Crippen LogP contribution in [0.1, 0.15) is 24.7 Å². The lowest BCUT2D eigenvalue weighted by molar-refractivity contribution is -0.116. The lowest BCUT2D eigenvalue weighted by Gasteiger charge is -2.12. The Morgan fingerprint density at radius 2 is 2.00 bits per heavy atom. The van der Waals surface area contributed by atoms with E-state index in [0.29, 0.717) is 31.1 Å². The van der Waals surface area contributed by atoms with Crippen LogP contribution in [-0.2, 0) is 17.8 Å². The minimum atomic E-state index is -0.141. The number of para-hydroxylation sites is 2. The van der Waals surface area contributed by atoms with Gasteiger partial charge in [-0.3, -0.25) is 4.79 Å². The summed E-state index contributed by atoms with van der Waals surface area (Å²) in [5.41, 5.74) is 3.00. The summed E-state index contributed by atoms with van der Waals surface area (Å²) in [4.78, 5) is 19.3. The Labute approximate surface area is 196 Å². The van der Waals surface area contributed by atoms with E-state index in [4.69, 9.17) is 14.5 Å². The Bertz CT molecular complexity index is 1090. The lowest BCUT2D eigenvalue weighted by Crippen LogP contribution is -2.24. The molecule has 1 N–H and O–H groups in total. The standard InChI is InChI=1S/C26H34N4O3/c1-5-33-23-13-11-20(19-24(23)32-4)12-14-26(31)27-16-15-25-28-21-9-6-7-10-22(21)30(25)18-8-17-29(2)3/h6-7,9-14,19H,5,8,15-18H2,1-4H3,(H,27,31)/b14-12+. The van der Waals surface area contributed by atoms with Gasteiger partial charge in [-0.05, 0) is 69.9 Å². The predicted molar refractivity (Wildman–Crippen MR) is 133 cm³/mol. The van der Waals surface area contributed by atoms with Crippen LogP contribution in [0.3, 0.4) is 0 Å². The molecule has 0 fully saturated rings. The number of aryl methyl sites for hydroxylation is 1. The molecule has 7 heteroatoms. The van der Waals surface area contributed by atoms with Crippen LogP contribution in [0.5, 0.6) is 11.5 Å². The van der Waals surface area contributed by atoms with Crippen LogP contribution in [0.25, 0.3) is 17.1 Å². The average molecular weight is 451 g/mol. The summed E-state index contributed by atoms with van der Waals surface area (Å²) in [6.45, 7) is 4.94. The fourth-order valence-corrected chi connectivity index (χ4v) is 3.70. The van der Waals surface area contributed by atoms with Gasteiger partial charge >= 0.3 is 0 Å². The molecule has 1 heterocycles. The Kier molecular flexibility index (Phi) is 8.89. The molecule has 0 saturated carbocycles. The van der Waals surface area contributed by atoms with Gasteiger partial charge in [-0.15, -0.1) is 0 Å². The molecule has 176 valence electrons. The minimum Gasteiger partial charge on any atom is -0.493 e. The van der Waals surface area contributed by atoms with Crippen molar-refractivity contribution in [2.24, 2.45) is 0 Å². The molecule has 1 aromatic heterocycles. The summed E-state index contributed by atoms with van der Waals surface area (Å²) < 4.78 is 13.2. The number of amides is 1. The maximum absolute atomic E-state index is 12.3. The highest BCUT2D eigenvalue weighted by Crippen LogP contribution is 2.28. The van der Waals surface area contributed by atoms with Crippen molar-refractivity contribution in [3.05, 3.63) is 59.9 Å². The third-order valence-corrected chi connectivity index (χ3v) is 5.28. The van der Waals surface area contributed by atoms with Crippen molar-refractivity contribution in [3.63, 3.8) is 0 Å². The van der Waals surface area contributed by atoms with Gasteiger partial charge in [-0.2, -0.15) is 0 Å². The number of ether oxygens (including phenoxy) is 2. The Hall–Kier alpha value is -3.32. The molecule has 0 unspecified atom stereocenters. The smallest absolute Gasteiger partial charge is 0.244 e. The van der Waals surface area contributed by atoms with E-state index in [-0.39, 0.29) is 5.91 Å². The zero-order chi connectivity index (χ0) is 23.6. The molecule has 2 aromatic carbocycles. The fraction of sp³-hybridized carbons (Fsp3) is 0.385.